The van der Waals surface area contributed by atoms with Crippen molar-refractivity contribution in [1.29, 1.82) is 0 Å². The third-order valence-electron chi connectivity index (χ3n) is 3.16. The fourth-order valence-corrected chi connectivity index (χ4v) is 8.39. The van der Waals surface area contributed by atoms with Crippen LogP contribution >= 0.6 is 0 Å². The normalized spacial score (nSPS) is 24.6. The van der Waals surface area contributed by atoms with Gasteiger partial charge in [0.15, 0.2) is 0 Å². The van der Waals surface area contributed by atoms with Crippen LogP contribution in [0.3, 0.4) is 0 Å². The van der Waals surface area contributed by atoms with Crippen LogP contribution in [-0.2, 0) is 0 Å². The molecule has 0 radical (unpaired) electrons. The Balaban J connectivity index is 2.26. The summed E-state index contributed by atoms with van der Waals surface area (Å²) >= 11 is -1.70. The monoisotopic (exact) mass is 273 g/mol. The standard InChI is InChI=1S/C7H10N.3CH3.Sn/c1-4-8-5-2-7(1)3-6-8;;;;/h6-7H,1-2,4-5H2;3*1H3;. The molecule has 3 aliphatic rings. The SMILES string of the molecule is [CH3][Sn]([CH3])([CH3])[C]1=CN2CCC1CC2. The minimum absolute atomic E-state index is 0.991. The topological polar surface area (TPSA) is 3.24 Å². The molecule has 1 nitrogen and oxygen atoms in total. The molecule has 0 aromatic heterocycles. The molecule has 0 atom stereocenters. The number of rotatable bonds is 1. The van der Waals surface area contributed by atoms with E-state index in [0.29, 0.717) is 0 Å². The first kappa shape index (κ1) is 8.92. The first-order valence-corrected chi connectivity index (χ1v) is 15.0. The summed E-state index contributed by atoms with van der Waals surface area (Å²) in [6.45, 7) is 2.66. The van der Waals surface area contributed by atoms with E-state index in [4.69, 9.17) is 0 Å². The van der Waals surface area contributed by atoms with Gasteiger partial charge in [-0.25, -0.2) is 0 Å². The van der Waals surface area contributed by atoms with Crippen LogP contribution in [0.5, 0.6) is 0 Å². The molecule has 0 N–H and O–H groups in total. The zero-order valence-electron chi connectivity index (χ0n) is 8.43. The molecule has 3 heterocycles. The van der Waals surface area contributed by atoms with Gasteiger partial charge in [0.05, 0.1) is 0 Å². The molecule has 0 aromatic carbocycles. The molecule has 0 aliphatic carbocycles. The van der Waals surface area contributed by atoms with Crippen LogP contribution in [0, 0.1) is 5.92 Å². The molecule has 68 valence electrons. The van der Waals surface area contributed by atoms with Crippen LogP contribution in [0.15, 0.2) is 9.79 Å². The fraction of sp³-hybridized carbons (Fsp3) is 0.800. The summed E-state index contributed by atoms with van der Waals surface area (Å²) in [6.07, 6.45) is 5.40. The minimum atomic E-state index is -1.70. The van der Waals surface area contributed by atoms with Crippen molar-refractivity contribution in [3.8, 4) is 0 Å². The van der Waals surface area contributed by atoms with Gasteiger partial charge in [-0.3, -0.25) is 0 Å². The van der Waals surface area contributed by atoms with E-state index < -0.39 is 18.4 Å². The first-order chi connectivity index (χ1) is 5.57. The Hall–Kier alpha value is 0.339. The quantitative estimate of drug-likeness (QED) is 0.663. The van der Waals surface area contributed by atoms with E-state index in [9.17, 15) is 0 Å². The summed E-state index contributed by atoms with van der Waals surface area (Å²) in [6, 6.07) is 0. The Bertz CT molecular complexity index is 206. The van der Waals surface area contributed by atoms with Gasteiger partial charge in [-0.05, 0) is 0 Å². The van der Waals surface area contributed by atoms with Crippen molar-refractivity contribution >= 4 is 18.4 Å². The Kier molecular flexibility index (Phi) is 2.18. The van der Waals surface area contributed by atoms with Gasteiger partial charge in [-0.1, -0.05) is 0 Å². The molecular weight excluding hydrogens is 253 g/mol. The molecule has 1 fully saturated rings. The Morgan fingerprint density at radius 2 is 1.83 bits per heavy atom. The summed E-state index contributed by atoms with van der Waals surface area (Å²) in [7, 11) is 0. The maximum absolute atomic E-state index is 2.54. The zero-order chi connectivity index (χ0) is 8.77. The van der Waals surface area contributed by atoms with Crippen molar-refractivity contribution in [2.75, 3.05) is 13.1 Å². The number of hydrogen-bond donors (Lipinski definition) is 0. The van der Waals surface area contributed by atoms with Crippen molar-refractivity contribution in [3.63, 3.8) is 0 Å². The fourth-order valence-electron chi connectivity index (χ4n) is 2.45. The van der Waals surface area contributed by atoms with Gasteiger partial charge in [0, 0.05) is 0 Å². The Morgan fingerprint density at radius 3 is 2.08 bits per heavy atom. The van der Waals surface area contributed by atoms with Gasteiger partial charge in [-0.15, -0.1) is 0 Å². The molecule has 3 rings (SSSR count). The van der Waals surface area contributed by atoms with E-state index in [1.807, 2.05) is 3.59 Å². The van der Waals surface area contributed by atoms with Gasteiger partial charge >= 0.3 is 79.7 Å². The van der Waals surface area contributed by atoms with E-state index in [0.717, 1.165) is 5.92 Å². The summed E-state index contributed by atoms with van der Waals surface area (Å²) in [5, 5.41) is 0. The maximum atomic E-state index is 2.54. The molecule has 2 heteroatoms. The van der Waals surface area contributed by atoms with Crippen molar-refractivity contribution in [3.05, 3.63) is 9.79 Å². The second-order valence-corrected chi connectivity index (χ2v) is 19.6. The van der Waals surface area contributed by atoms with Gasteiger partial charge in [0.2, 0.25) is 0 Å². The summed E-state index contributed by atoms with van der Waals surface area (Å²) < 4.78 is 1.89. The Morgan fingerprint density at radius 1 is 1.25 bits per heavy atom. The van der Waals surface area contributed by atoms with E-state index in [1.165, 1.54) is 25.9 Å². The van der Waals surface area contributed by atoms with Crippen molar-refractivity contribution in [1.82, 2.24) is 4.90 Å². The van der Waals surface area contributed by atoms with Crippen LogP contribution in [0.4, 0.5) is 0 Å². The zero-order valence-corrected chi connectivity index (χ0v) is 11.3. The molecule has 3 aliphatic heterocycles. The number of allylic oxidation sites excluding steroid dienone is 1. The summed E-state index contributed by atoms with van der Waals surface area (Å²) in [5.74, 6) is 0.991. The van der Waals surface area contributed by atoms with Crippen molar-refractivity contribution in [2.45, 2.75) is 27.7 Å². The second-order valence-electron chi connectivity index (χ2n) is 5.14. The second kappa shape index (κ2) is 2.93. The summed E-state index contributed by atoms with van der Waals surface area (Å²) in [5.41, 5.74) is 0. The molecule has 0 aromatic rings. The number of nitrogens with zero attached hydrogens (tertiary/aromatic N) is 1. The van der Waals surface area contributed by atoms with Gasteiger partial charge in [0.1, 0.15) is 0 Å². The van der Waals surface area contributed by atoms with E-state index in [2.05, 4.69) is 25.9 Å². The molecule has 0 unspecified atom stereocenters. The predicted octanol–water partition coefficient (Wildman–Crippen LogP) is 2.47. The Labute approximate surface area is 79.7 Å². The molecule has 0 saturated carbocycles. The van der Waals surface area contributed by atoms with Gasteiger partial charge < -0.3 is 0 Å². The molecular formula is C10H19NSn. The average molecular weight is 272 g/mol. The number of piperidine rings is 1. The molecule has 0 amide bonds. The van der Waals surface area contributed by atoms with Crippen LogP contribution in [0.25, 0.3) is 0 Å². The van der Waals surface area contributed by atoms with E-state index in [-0.39, 0.29) is 0 Å². The number of fused-ring (bicyclic) bond motifs is 2. The van der Waals surface area contributed by atoms with Crippen LogP contribution in [-0.4, -0.2) is 36.4 Å². The third-order valence-corrected chi connectivity index (χ3v) is 9.63. The summed E-state index contributed by atoms with van der Waals surface area (Å²) in [4.78, 5) is 10.2. The van der Waals surface area contributed by atoms with E-state index in [1.54, 1.807) is 0 Å². The first-order valence-electron chi connectivity index (χ1n) is 5.03. The molecule has 2 bridgehead atoms. The van der Waals surface area contributed by atoms with E-state index >= 15 is 0 Å². The van der Waals surface area contributed by atoms with Crippen LogP contribution in [0.1, 0.15) is 12.8 Å². The molecule has 12 heavy (non-hydrogen) atoms. The van der Waals surface area contributed by atoms with Gasteiger partial charge in [0.25, 0.3) is 0 Å². The third kappa shape index (κ3) is 1.52. The predicted molar refractivity (Wildman–Crippen MR) is 55.7 cm³/mol. The van der Waals surface area contributed by atoms with Crippen molar-refractivity contribution in [2.24, 2.45) is 5.92 Å². The number of hydrogen-bond acceptors (Lipinski definition) is 1. The van der Waals surface area contributed by atoms with Crippen LogP contribution < -0.4 is 0 Å². The van der Waals surface area contributed by atoms with Crippen molar-refractivity contribution < 1.29 is 0 Å². The van der Waals surface area contributed by atoms with Crippen LogP contribution in [0.2, 0.25) is 14.8 Å². The average Bonchev–Trinajstić information content (AvgIpc) is 2.05. The molecule has 0 spiro atoms. The molecule has 1 saturated heterocycles. The van der Waals surface area contributed by atoms with Gasteiger partial charge in [-0.2, -0.15) is 0 Å².